The zero-order valence-electron chi connectivity index (χ0n) is 14.9. The highest BCUT2D eigenvalue weighted by molar-refractivity contribution is 9.10. The van der Waals surface area contributed by atoms with Crippen LogP contribution in [0.25, 0.3) is 10.9 Å². The van der Waals surface area contributed by atoms with Crippen molar-refractivity contribution in [3.05, 3.63) is 64.0 Å². The second kappa shape index (κ2) is 7.27. The average molecular weight is 445 g/mol. The maximum Gasteiger partial charge on any atom is 0.270 e. The number of anilines is 1. The summed E-state index contributed by atoms with van der Waals surface area (Å²) in [5, 5.41) is 0.403. The third kappa shape index (κ3) is 3.47. The average Bonchev–Trinajstić information content (AvgIpc) is 3.12. The van der Waals surface area contributed by atoms with Gasteiger partial charge in [0.25, 0.3) is 5.91 Å². The number of benzene rings is 2. The highest BCUT2D eigenvalue weighted by Gasteiger charge is 2.24. The first-order chi connectivity index (χ1) is 13.4. The van der Waals surface area contributed by atoms with Gasteiger partial charge in [0.1, 0.15) is 11.5 Å². The van der Waals surface area contributed by atoms with Crippen LogP contribution in [0.1, 0.15) is 20.8 Å². The number of hydrogen-bond donors (Lipinski definition) is 2. The molecule has 1 aromatic heterocycles. The Labute approximate surface area is 169 Å². The van der Waals surface area contributed by atoms with Gasteiger partial charge >= 0.3 is 0 Å². The molecule has 0 aliphatic carbocycles. The van der Waals surface area contributed by atoms with E-state index in [1.807, 2.05) is 12.1 Å². The first kappa shape index (κ1) is 18.5. The van der Waals surface area contributed by atoms with Crippen molar-refractivity contribution in [1.29, 1.82) is 0 Å². The predicted octanol–water partition coefficient (Wildman–Crippen LogP) is 3.13. The Balaban J connectivity index is 1.45. The summed E-state index contributed by atoms with van der Waals surface area (Å²) >= 11 is 3.26. The number of H-pyrrole nitrogens is 1. The van der Waals surface area contributed by atoms with Gasteiger partial charge in [-0.05, 0) is 42.5 Å². The van der Waals surface area contributed by atoms with Gasteiger partial charge in [-0.2, -0.15) is 0 Å². The van der Waals surface area contributed by atoms with Crippen LogP contribution in [0.4, 0.5) is 10.1 Å². The van der Waals surface area contributed by atoms with Crippen LogP contribution >= 0.6 is 15.9 Å². The quantitative estimate of drug-likeness (QED) is 0.650. The minimum atomic E-state index is -0.455. The van der Waals surface area contributed by atoms with Crippen molar-refractivity contribution >= 4 is 44.3 Å². The fourth-order valence-electron chi connectivity index (χ4n) is 3.45. The lowest BCUT2D eigenvalue weighted by Gasteiger charge is -2.36. The number of aromatic amines is 1. The lowest BCUT2D eigenvalue weighted by molar-refractivity contribution is 0.0741. The van der Waals surface area contributed by atoms with Crippen LogP contribution in [0.5, 0.6) is 0 Å². The largest absolute Gasteiger partial charge is 0.368 e. The summed E-state index contributed by atoms with van der Waals surface area (Å²) in [6, 6.07) is 11.8. The van der Waals surface area contributed by atoms with E-state index in [9.17, 15) is 14.0 Å². The van der Waals surface area contributed by atoms with Gasteiger partial charge in [0, 0.05) is 47.3 Å². The zero-order valence-corrected chi connectivity index (χ0v) is 16.5. The number of primary amides is 1. The summed E-state index contributed by atoms with van der Waals surface area (Å²) in [6.45, 7) is 2.44. The fraction of sp³-hybridized carbons (Fsp3) is 0.200. The number of fused-ring (bicyclic) bond motifs is 1. The number of hydrogen-bond acceptors (Lipinski definition) is 3. The molecule has 0 atom stereocenters. The van der Waals surface area contributed by atoms with Crippen molar-refractivity contribution in [1.82, 2.24) is 9.88 Å². The lowest BCUT2D eigenvalue weighted by atomic mass is 10.1. The molecule has 0 saturated carbocycles. The Morgan fingerprint density at radius 1 is 1.04 bits per heavy atom. The van der Waals surface area contributed by atoms with Crippen LogP contribution in [-0.2, 0) is 0 Å². The minimum absolute atomic E-state index is 0.143. The molecular formula is C20H18BrFN4O2. The number of nitrogens with zero attached hydrogens (tertiary/aromatic N) is 2. The number of nitrogens with two attached hydrogens (primary N) is 1. The fourth-order valence-corrected chi connectivity index (χ4v) is 3.88. The Kier molecular flexibility index (Phi) is 4.80. The first-order valence-electron chi connectivity index (χ1n) is 8.84. The van der Waals surface area contributed by atoms with Gasteiger partial charge in [0.15, 0.2) is 0 Å². The Morgan fingerprint density at radius 2 is 1.71 bits per heavy atom. The first-order valence-corrected chi connectivity index (χ1v) is 9.63. The SMILES string of the molecule is NC(=O)c1ccc(N2CCN(C(=O)c3cc4c(F)cc(Br)cc4[nH]3)CC2)cc1. The van der Waals surface area contributed by atoms with Gasteiger partial charge in [-0.1, -0.05) is 15.9 Å². The molecule has 1 aliphatic heterocycles. The molecule has 144 valence electrons. The molecule has 1 saturated heterocycles. The van der Waals surface area contributed by atoms with Crippen molar-refractivity contribution < 1.29 is 14.0 Å². The number of rotatable bonds is 3. The Hall–Kier alpha value is -2.87. The van der Waals surface area contributed by atoms with E-state index >= 15 is 0 Å². The number of piperazine rings is 1. The zero-order chi connectivity index (χ0) is 19.8. The summed E-state index contributed by atoms with van der Waals surface area (Å²) < 4.78 is 14.7. The second-order valence-corrected chi connectivity index (χ2v) is 7.64. The summed E-state index contributed by atoms with van der Waals surface area (Å²) in [5.41, 5.74) is 7.69. The topological polar surface area (TPSA) is 82.4 Å². The third-order valence-corrected chi connectivity index (χ3v) is 5.42. The third-order valence-electron chi connectivity index (χ3n) is 4.97. The number of amides is 2. The molecule has 2 aromatic carbocycles. The highest BCUT2D eigenvalue weighted by atomic mass is 79.9. The maximum absolute atomic E-state index is 14.1. The molecule has 28 heavy (non-hydrogen) atoms. The van der Waals surface area contributed by atoms with Crippen molar-refractivity contribution in [2.24, 2.45) is 5.73 Å². The van der Waals surface area contributed by atoms with Gasteiger partial charge < -0.3 is 20.5 Å². The van der Waals surface area contributed by atoms with Crippen molar-refractivity contribution in [2.75, 3.05) is 31.1 Å². The molecule has 0 bridgehead atoms. The number of carbonyl (C=O) groups is 2. The van der Waals surface area contributed by atoms with E-state index < -0.39 is 5.91 Å². The van der Waals surface area contributed by atoms with Crippen LogP contribution in [0.15, 0.2) is 46.9 Å². The normalized spacial score (nSPS) is 14.5. The number of carbonyl (C=O) groups excluding carboxylic acids is 2. The van der Waals surface area contributed by atoms with Crippen LogP contribution in [-0.4, -0.2) is 47.9 Å². The van der Waals surface area contributed by atoms with Gasteiger partial charge in [0.05, 0.1) is 5.52 Å². The minimum Gasteiger partial charge on any atom is -0.368 e. The molecule has 6 nitrogen and oxygen atoms in total. The van der Waals surface area contributed by atoms with E-state index in [2.05, 4.69) is 25.8 Å². The van der Waals surface area contributed by atoms with Crippen molar-refractivity contribution in [3.63, 3.8) is 0 Å². The van der Waals surface area contributed by atoms with E-state index in [1.54, 1.807) is 29.2 Å². The van der Waals surface area contributed by atoms with Crippen LogP contribution in [0.2, 0.25) is 0 Å². The highest BCUT2D eigenvalue weighted by Crippen LogP contribution is 2.25. The monoisotopic (exact) mass is 444 g/mol. The molecule has 3 aromatic rings. The summed E-state index contributed by atoms with van der Waals surface area (Å²) in [7, 11) is 0. The van der Waals surface area contributed by atoms with E-state index in [4.69, 9.17) is 5.73 Å². The molecule has 0 unspecified atom stereocenters. The molecule has 2 amide bonds. The summed E-state index contributed by atoms with van der Waals surface area (Å²) in [4.78, 5) is 30.9. The van der Waals surface area contributed by atoms with E-state index in [-0.39, 0.29) is 11.7 Å². The lowest BCUT2D eigenvalue weighted by Crippen LogP contribution is -2.48. The number of nitrogens with one attached hydrogen (secondary N) is 1. The van der Waals surface area contributed by atoms with Crippen LogP contribution in [0.3, 0.4) is 0 Å². The summed E-state index contributed by atoms with van der Waals surface area (Å²) in [5.74, 6) is -0.969. The van der Waals surface area contributed by atoms with Crippen LogP contribution in [0, 0.1) is 5.82 Å². The predicted molar refractivity (Wildman–Crippen MR) is 109 cm³/mol. The molecule has 8 heteroatoms. The van der Waals surface area contributed by atoms with Gasteiger partial charge in [0.2, 0.25) is 5.91 Å². The van der Waals surface area contributed by atoms with Crippen LogP contribution < -0.4 is 10.6 Å². The maximum atomic E-state index is 14.1. The molecule has 0 spiro atoms. The Bertz CT molecular complexity index is 1060. The smallest absolute Gasteiger partial charge is 0.270 e. The Morgan fingerprint density at radius 3 is 2.36 bits per heavy atom. The van der Waals surface area contributed by atoms with E-state index in [0.717, 1.165) is 5.69 Å². The molecular weight excluding hydrogens is 427 g/mol. The van der Waals surface area contributed by atoms with E-state index in [0.29, 0.717) is 52.8 Å². The second-order valence-electron chi connectivity index (χ2n) is 6.72. The number of halogens is 2. The van der Waals surface area contributed by atoms with Crippen molar-refractivity contribution in [2.45, 2.75) is 0 Å². The molecule has 1 fully saturated rings. The molecule has 2 heterocycles. The molecule has 0 radical (unpaired) electrons. The molecule has 3 N–H and O–H groups in total. The van der Waals surface area contributed by atoms with E-state index in [1.165, 1.54) is 6.07 Å². The molecule has 4 rings (SSSR count). The number of aromatic nitrogens is 1. The standard InChI is InChI=1S/C20H18BrFN4O2/c21-13-9-16(22)15-11-18(24-17(15)10-13)20(28)26-7-5-25(6-8-26)14-3-1-12(2-4-14)19(23)27/h1-4,9-11,24H,5-8H2,(H2,23,27). The van der Waals surface area contributed by atoms with Crippen molar-refractivity contribution in [3.8, 4) is 0 Å². The van der Waals surface area contributed by atoms with Gasteiger partial charge in [-0.25, -0.2) is 4.39 Å². The summed E-state index contributed by atoms with van der Waals surface area (Å²) in [6.07, 6.45) is 0. The van der Waals surface area contributed by atoms with Gasteiger partial charge in [-0.15, -0.1) is 0 Å². The molecule has 1 aliphatic rings. The van der Waals surface area contributed by atoms with Gasteiger partial charge in [-0.3, -0.25) is 9.59 Å².